The van der Waals surface area contributed by atoms with Gasteiger partial charge in [0.15, 0.2) is 0 Å². The molecule has 0 aliphatic carbocycles. The SMILES string of the molecule is Cc1ccc(C(=O)Nc2ccc(Oc3cccc(C(N)=O)c3)nc2)c(=O)n1C. The third-order valence-electron chi connectivity index (χ3n) is 4.14. The second-order valence-corrected chi connectivity index (χ2v) is 6.09. The van der Waals surface area contributed by atoms with Gasteiger partial charge in [0, 0.05) is 24.4 Å². The maximum absolute atomic E-state index is 12.3. The van der Waals surface area contributed by atoms with Crippen LogP contribution in [0.15, 0.2) is 59.5 Å². The number of nitrogens with two attached hydrogens (primary N) is 1. The Bertz CT molecular complexity index is 1100. The van der Waals surface area contributed by atoms with Crippen LogP contribution in [0.25, 0.3) is 0 Å². The molecule has 0 atom stereocenters. The zero-order valence-electron chi connectivity index (χ0n) is 15.3. The first-order chi connectivity index (χ1) is 13.3. The van der Waals surface area contributed by atoms with Gasteiger partial charge in [-0.1, -0.05) is 6.07 Å². The van der Waals surface area contributed by atoms with Gasteiger partial charge < -0.3 is 20.4 Å². The summed E-state index contributed by atoms with van der Waals surface area (Å²) in [7, 11) is 1.61. The quantitative estimate of drug-likeness (QED) is 0.706. The third-order valence-corrected chi connectivity index (χ3v) is 4.14. The molecule has 3 N–H and O–H groups in total. The Hall–Kier alpha value is -3.94. The number of hydrogen-bond acceptors (Lipinski definition) is 5. The topological polar surface area (TPSA) is 116 Å². The molecule has 0 bridgehead atoms. The van der Waals surface area contributed by atoms with Crippen LogP contribution in [0.5, 0.6) is 11.6 Å². The van der Waals surface area contributed by atoms with E-state index in [0.29, 0.717) is 17.0 Å². The van der Waals surface area contributed by atoms with Crippen molar-refractivity contribution in [3.63, 3.8) is 0 Å². The molecule has 2 amide bonds. The summed E-state index contributed by atoms with van der Waals surface area (Å²) in [6.07, 6.45) is 1.41. The number of rotatable bonds is 5. The van der Waals surface area contributed by atoms with Crippen LogP contribution in [-0.4, -0.2) is 21.4 Å². The molecular weight excluding hydrogens is 360 g/mol. The summed E-state index contributed by atoms with van der Waals surface area (Å²) in [6.45, 7) is 1.78. The van der Waals surface area contributed by atoms with Gasteiger partial charge in [-0.05, 0) is 43.3 Å². The number of benzene rings is 1. The fraction of sp³-hybridized carbons (Fsp3) is 0.100. The molecule has 3 aromatic rings. The first-order valence-corrected chi connectivity index (χ1v) is 8.37. The Kier molecular flexibility index (Phi) is 5.21. The summed E-state index contributed by atoms with van der Waals surface area (Å²) in [6, 6.07) is 12.7. The van der Waals surface area contributed by atoms with Crippen molar-refractivity contribution in [1.82, 2.24) is 9.55 Å². The van der Waals surface area contributed by atoms with E-state index in [-0.39, 0.29) is 17.0 Å². The van der Waals surface area contributed by atoms with Crippen molar-refractivity contribution in [3.8, 4) is 11.6 Å². The number of ether oxygens (including phenoxy) is 1. The van der Waals surface area contributed by atoms with E-state index < -0.39 is 11.8 Å². The monoisotopic (exact) mass is 378 g/mol. The van der Waals surface area contributed by atoms with Gasteiger partial charge in [-0.3, -0.25) is 14.4 Å². The van der Waals surface area contributed by atoms with Crippen LogP contribution in [0.2, 0.25) is 0 Å². The number of carbonyl (C=O) groups is 2. The molecule has 0 unspecified atom stereocenters. The van der Waals surface area contributed by atoms with E-state index in [2.05, 4.69) is 10.3 Å². The molecule has 2 heterocycles. The predicted octanol–water partition coefficient (Wildman–Crippen LogP) is 2.23. The number of primary amides is 1. The fourth-order valence-electron chi connectivity index (χ4n) is 2.45. The molecule has 0 spiro atoms. The number of aryl methyl sites for hydroxylation is 1. The van der Waals surface area contributed by atoms with E-state index in [0.717, 1.165) is 5.69 Å². The third kappa shape index (κ3) is 4.07. The Morgan fingerprint density at radius 1 is 1.14 bits per heavy atom. The number of aromatic nitrogens is 2. The number of nitrogens with zero attached hydrogens (tertiary/aromatic N) is 2. The lowest BCUT2D eigenvalue weighted by Crippen LogP contribution is -2.28. The highest BCUT2D eigenvalue weighted by Crippen LogP contribution is 2.21. The van der Waals surface area contributed by atoms with Crippen molar-refractivity contribution in [2.75, 3.05) is 5.32 Å². The van der Waals surface area contributed by atoms with Crippen molar-refractivity contribution in [1.29, 1.82) is 0 Å². The number of nitrogens with one attached hydrogen (secondary N) is 1. The number of hydrogen-bond donors (Lipinski definition) is 2. The van der Waals surface area contributed by atoms with Crippen molar-refractivity contribution in [2.45, 2.75) is 6.92 Å². The fourth-order valence-corrected chi connectivity index (χ4v) is 2.45. The summed E-state index contributed by atoms with van der Waals surface area (Å²) in [4.78, 5) is 39.9. The van der Waals surface area contributed by atoms with Crippen LogP contribution >= 0.6 is 0 Å². The van der Waals surface area contributed by atoms with Crippen molar-refractivity contribution < 1.29 is 14.3 Å². The minimum absolute atomic E-state index is 0.0386. The van der Waals surface area contributed by atoms with Gasteiger partial charge >= 0.3 is 0 Å². The molecule has 0 aliphatic heterocycles. The Morgan fingerprint density at radius 3 is 2.61 bits per heavy atom. The minimum Gasteiger partial charge on any atom is -0.439 e. The zero-order chi connectivity index (χ0) is 20.3. The molecule has 0 aliphatic rings. The first-order valence-electron chi connectivity index (χ1n) is 8.37. The highest BCUT2D eigenvalue weighted by molar-refractivity contribution is 6.03. The smallest absolute Gasteiger partial charge is 0.263 e. The van der Waals surface area contributed by atoms with Gasteiger partial charge in [-0.15, -0.1) is 0 Å². The maximum atomic E-state index is 12.3. The zero-order valence-corrected chi connectivity index (χ0v) is 15.3. The molecule has 0 saturated carbocycles. The lowest BCUT2D eigenvalue weighted by molar-refractivity contribution is 0.0997. The van der Waals surface area contributed by atoms with Gasteiger partial charge in [0.25, 0.3) is 11.5 Å². The summed E-state index contributed by atoms with van der Waals surface area (Å²) in [5, 5.41) is 2.63. The van der Waals surface area contributed by atoms with E-state index in [1.165, 1.54) is 22.9 Å². The average Bonchev–Trinajstić information content (AvgIpc) is 2.68. The predicted molar refractivity (Wildman–Crippen MR) is 104 cm³/mol. The molecule has 3 rings (SSSR count). The highest BCUT2D eigenvalue weighted by Gasteiger charge is 2.13. The maximum Gasteiger partial charge on any atom is 0.263 e. The Morgan fingerprint density at radius 2 is 1.93 bits per heavy atom. The summed E-state index contributed by atoms with van der Waals surface area (Å²) in [5.41, 5.74) is 6.39. The van der Waals surface area contributed by atoms with E-state index in [1.54, 1.807) is 50.4 Å². The standard InChI is InChI=1S/C20H18N4O4/c1-12-6-8-16(20(27)24(12)2)19(26)23-14-7-9-17(22-11-14)28-15-5-3-4-13(10-15)18(21)25/h3-11H,1-2H3,(H2,21,25)(H,23,26). The molecule has 28 heavy (non-hydrogen) atoms. The van der Waals surface area contributed by atoms with Crippen LogP contribution in [0, 0.1) is 6.92 Å². The van der Waals surface area contributed by atoms with Gasteiger partial charge in [-0.2, -0.15) is 0 Å². The highest BCUT2D eigenvalue weighted by atomic mass is 16.5. The van der Waals surface area contributed by atoms with Crippen molar-refractivity contribution in [3.05, 3.63) is 81.9 Å². The number of carbonyl (C=O) groups excluding carboxylic acids is 2. The largest absolute Gasteiger partial charge is 0.439 e. The van der Waals surface area contributed by atoms with Gasteiger partial charge in [0.05, 0.1) is 11.9 Å². The molecule has 8 heteroatoms. The molecular formula is C20H18N4O4. The van der Waals surface area contributed by atoms with Crippen molar-refractivity contribution >= 4 is 17.5 Å². The van der Waals surface area contributed by atoms with E-state index in [9.17, 15) is 14.4 Å². The average molecular weight is 378 g/mol. The van der Waals surface area contributed by atoms with E-state index >= 15 is 0 Å². The molecule has 8 nitrogen and oxygen atoms in total. The Labute approximate surface area is 160 Å². The molecule has 0 fully saturated rings. The van der Waals surface area contributed by atoms with Gasteiger partial charge in [0.2, 0.25) is 11.8 Å². The number of pyridine rings is 2. The normalized spacial score (nSPS) is 10.4. The van der Waals surface area contributed by atoms with Crippen molar-refractivity contribution in [2.24, 2.45) is 12.8 Å². The second-order valence-electron chi connectivity index (χ2n) is 6.09. The van der Waals surface area contributed by atoms with E-state index in [4.69, 9.17) is 10.5 Å². The number of amides is 2. The second kappa shape index (κ2) is 7.75. The van der Waals surface area contributed by atoms with E-state index in [1.807, 2.05) is 0 Å². The molecule has 2 aromatic heterocycles. The summed E-state index contributed by atoms with van der Waals surface area (Å²) >= 11 is 0. The molecule has 1 aromatic carbocycles. The minimum atomic E-state index is -0.557. The molecule has 142 valence electrons. The van der Waals surface area contributed by atoms with Crippen LogP contribution in [-0.2, 0) is 7.05 Å². The first kappa shape index (κ1) is 18.8. The molecule has 0 saturated heterocycles. The Balaban J connectivity index is 1.72. The van der Waals surface area contributed by atoms with Crippen LogP contribution in [0.3, 0.4) is 0 Å². The summed E-state index contributed by atoms with van der Waals surface area (Å²) in [5.74, 6) is -0.404. The summed E-state index contributed by atoms with van der Waals surface area (Å²) < 4.78 is 6.98. The lowest BCUT2D eigenvalue weighted by atomic mass is 10.2. The van der Waals surface area contributed by atoms with Gasteiger partial charge in [-0.25, -0.2) is 4.98 Å². The van der Waals surface area contributed by atoms with Crippen LogP contribution in [0.4, 0.5) is 5.69 Å². The van der Waals surface area contributed by atoms with Gasteiger partial charge in [0.1, 0.15) is 11.3 Å². The number of anilines is 1. The molecule has 0 radical (unpaired) electrons. The van der Waals surface area contributed by atoms with Crippen LogP contribution in [0.1, 0.15) is 26.4 Å². The lowest BCUT2D eigenvalue weighted by Gasteiger charge is -2.09. The van der Waals surface area contributed by atoms with Crippen LogP contribution < -0.4 is 21.3 Å².